The van der Waals surface area contributed by atoms with E-state index in [-0.39, 0.29) is 18.1 Å². The summed E-state index contributed by atoms with van der Waals surface area (Å²) < 4.78 is 10.3. The van der Waals surface area contributed by atoms with E-state index in [1.165, 1.54) is 7.11 Å². The first kappa shape index (κ1) is 15.0. The van der Waals surface area contributed by atoms with Gasteiger partial charge in [0, 0.05) is 10.9 Å². The number of nitrogens with zero attached hydrogens (tertiary/aromatic N) is 1. The lowest BCUT2D eigenvalue weighted by molar-refractivity contribution is -0.0492. The smallest absolute Gasteiger partial charge is 0.344 e. The third kappa shape index (κ3) is 2.33. The van der Waals surface area contributed by atoms with Gasteiger partial charge in [-0.3, -0.25) is 0 Å². The molecule has 2 heterocycles. The lowest BCUT2D eigenvalue weighted by Crippen LogP contribution is -2.45. The van der Waals surface area contributed by atoms with Crippen LogP contribution in [0.4, 0.5) is 0 Å². The summed E-state index contributed by atoms with van der Waals surface area (Å²) in [4.78, 5) is 16.4. The van der Waals surface area contributed by atoms with Crippen molar-refractivity contribution in [3.05, 3.63) is 17.2 Å². The molecule has 0 amide bonds. The predicted octanol–water partition coefficient (Wildman–Crippen LogP) is 1.40. The quantitative estimate of drug-likeness (QED) is 0.674. The number of carbonyl (C=O) groups excluding carboxylic acids is 1. The molecule has 1 aromatic rings. The standard InChI is InChI=1S/C14H21NO4Si/c1-6-14(17)8-19-13(16)11-9(14)7-10(20(3,4)5)15-12(11)18-2/h7,17H,6,8H2,1-5H3/t14-/m1/s1. The molecule has 0 aliphatic carbocycles. The van der Waals surface area contributed by atoms with Gasteiger partial charge in [-0.2, -0.15) is 0 Å². The molecule has 0 bridgehead atoms. The van der Waals surface area contributed by atoms with Gasteiger partial charge >= 0.3 is 5.97 Å². The molecule has 0 fully saturated rings. The summed E-state index contributed by atoms with van der Waals surface area (Å²) >= 11 is 0. The molecule has 110 valence electrons. The Hall–Kier alpha value is -1.40. The van der Waals surface area contributed by atoms with Crippen molar-refractivity contribution in [1.82, 2.24) is 4.98 Å². The van der Waals surface area contributed by atoms with E-state index < -0.39 is 19.6 Å². The van der Waals surface area contributed by atoms with E-state index in [0.29, 0.717) is 12.0 Å². The van der Waals surface area contributed by atoms with Gasteiger partial charge in [0.05, 0.1) is 7.11 Å². The Morgan fingerprint density at radius 3 is 2.65 bits per heavy atom. The molecule has 0 unspecified atom stereocenters. The second kappa shape index (κ2) is 4.86. The Bertz CT molecular complexity index is 553. The van der Waals surface area contributed by atoms with Gasteiger partial charge in [0.2, 0.25) is 5.88 Å². The van der Waals surface area contributed by atoms with Gasteiger partial charge in [-0.25, -0.2) is 9.78 Å². The van der Waals surface area contributed by atoms with Gasteiger partial charge in [0.15, 0.2) is 0 Å². The van der Waals surface area contributed by atoms with Gasteiger partial charge in [0.1, 0.15) is 25.8 Å². The summed E-state index contributed by atoms with van der Waals surface area (Å²) in [5.74, 6) is -0.235. The molecule has 6 heteroatoms. The molecule has 1 aliphatic rings. The summed E-state index contributed by atoms with van der Waals surface area (Å²) in [5.41, 5.74) is -0.320. The first-order valence-corrected chi connectivity index (χ1v) is 10.2. The molecule has 5 nitrogen and oxygen atoms in total. The first-order chi connectivity index (χ1) is 9.23. The molecule has 0 radical (unpaired) electrons. The maximum Gasteiger partial charge on any atom is 0.344 e. The van der Waals surface area contributed by atoms with Crippen molar-refractivity contribution >= 4 is 19.4 Å². The van der Waals surface area contributed by atoms with Crippen LogP contribution in [0.3, 0.4) is 0 Å². The Kier molecular flexibility index (Phi) is 3.64. The molecule has 1 aromatic heterocycles. The molecule has 20 heavy (non-hydrogen) atoms. The van der Waals surface area contributed by atoms with Crippen molar-refractivity contribution in [2.45, 2.75) is 38.6 Å². The average molecular weight is 295 g/mol. The molecule has 2 rings (SSSR count). The molecule has 0 saturated heterocycles. The lowest BCUT2D eigenvalue weighted by atomic mass is 9.87. The number of ether oxygens (including phenoxy) is 2. The van der Waals surface area contributed by atoms with Crippen LogP contribution in [0.5, 0.6) is 5.88 Å². The van der Waals surface area contributed by atoms with Crippen LogP contribution in [0.25, 0.3) is 0 Å². The van der Waals surface area contributed by atoms with Gasteiger partial charge in [0.25, 0.3) is 0 Å². The number of carbonyl (C=O) groups is 1. The van der Waals surface area contributed by atoms with Crippen molar-refractivity contribution in [2.75, 3.05) is 13.7 Å². The summed E-state index contributed by atoms with van der Waals surface area (Å²) in [6, 6.07) is 1.86. The maximum absolute atomic E-state index is 12.0. The second-order valence-corrected chi connectivity index (χ2v) is 11.2. The normalized spacial score (nSPS) is 22.2. The molecule has 1 aliphatic heterocycles. The SMILES string of the molecule is CC[C@@]1(O)COC(=O)c2c1cc([Si](C)(C)C)nc2OC. The number of pyridine rings is 1. The number of aliphatic hydroxyl groups is 1. The van der Waals surface area contributed by atoms with Crippen LogP contribution in [0, 0.1) is 0 Å². The number of hydrogen-bond donors (Lipinski definition) is 1. The predicted molar refractivity (Wildman–Crippen MR) is 78.2 cm³/mol. The molecule has 0 aromatic carbocycles. The first-order valence-electron chi connectivity index (χ1n) is 6.72. The summed E-state index contributed by atoms with van der Waals surface area (Å²) in [6.07, 6.45) is 0.464. The van der Waals surface area contributed by atoms with E-state index >= 15 is 0 Å². The zero-order chi connectivity index (χ0) is 15.1. The van der Waals surface area contributed by atoms with Crippen molar-refractivity contribution in [3.8, 4) is 5.88 Å². The number of cyclic esters (lactones) is 1. The fourth-order valence-corrected chi connectivity index (χ4v) is 3.26. The Balaban J connectivity index is 2.75. The maximum atomic E-state index is 12.0. The van der Waals surface area contributed by atoms with Crippen molar-refractivity contribution in [2.24, 2.45) is 0 Å². The van der Waals surface area contributed by atoms with E-state index in [4.69, 9.17) is 9.47 Å². The lowest BCUT2D eigenvalue weighted by Gasteiger charge is -2.34. The van der Waals surface area contributed by atoms with Crippen LogP contribution >= 0.6 is 0 Å². The highest BCUT2D eigenvalue weighted by Crippen LogP contribution is 2.36. The summed E-state index contributed by atoms with van der Waals surface area (Å²) in [7, 11) is -0.216. The second-order valence-electron chi connectivity index (χ2n) is 6.15. The molecular formula is C14H21NO4Si. The number of fused-ring (bicyclic) bond motifs is 1. The number of methoxy groups -OCH3 is 1. The van der Waals surface area contributed by atoms with Crippen LogP contribution in [0.1, 0.15) is 29.3 Å². The van der Waals surface area contributed by atoms with Gasteiger partial charge < -0.3 is 14.6 Å². The minimum absolute atomic E-state index is 0.0202. The van der Waals surface area contributed by atoms with Crippen molar-refractivity contribution in [1.29, 1.82) is 0 Å². The highest BCUT2D eigenvalue weighted by Gasteiger charge is 2.41. The van der Waals surface area contributed by atoms with E-state index in [9.17, 15) is 9.90 Å². The van der Waals surface area contributed by atoms with Gasteiger partial charge in [-0.1, -0.05) is 26.6 Å². The number of aromatic nitrogens is 1. The Morgan fingerprint density at radius 1 is 1.50 bits per heavy atom. The monoisotopic (exact) mass is 295 g/mol. The zero-order valence-corrected chi connectivity index (χ0v) is 13.6. The third-order valence-electron chi connectivity index (χ3n) is 3.68. The van der Waals surface area contributed by atoms with Crippen LogP contribution in [0.15, 0.2) is 6.07 Å². The van der Waals surface area contributed by atoms with Crippen LogP contribution in [-0.4, -0.2) is 37.9 Å². The summed E-state index contributed by atoms with van der Waals surface area (Å²) in [6.45, 7) is 8.33. The molecule has 1 atom stereocenters. The zero-order valence-electron chi connectivity index (χ0n) is 12.6. The fraction of sp³-hybridized carbons (Fsp3) is 0.571. The molecule has 1 N–H and O–H groups in total. The third-order valence-corrected chi connectivity index (χ3v) is 5.47. The minimum atomic E-state index is -1.69. The Labute approximate surface area is 119 Å². The number of hydrogen-bond acceptors (Lipinski definition) is 5. The highest BCUT2D eigenvalue weighted by molar-refractivity contribution is 6.88. The van der Waals surface area contributed by atoms with E-state index in [1.54, 1.807) is 0 Å². The van der Waals surface area contributed by atoms with Gasteiger partial charge in [-0.05, 0) is 12.5 Å². The van der Waals surface area contributed by atoms with E-state index in [1.807, 2.05) is 13.0 Å². The van der Waals surface area contributed by atoms with Crippen LogP contribution in [0.2, 0.25) is 19.6 Å². The molecular weight excluding hydrogens is 274 g/mol. The molecule has 0 saturated carbocycles. The van der Waals surface area contributed by atoms with Crippen LogP contribution < -0.4 is 10.1 Å². The van der Waals surface area contributed by atoms with E-state index in [0.717, 1.165) is 5.32 Å². The fourth-order valence-electron chi connectivity index (χ4n) is 2.25. The van der Waals surface area contributed by atoms with Crippen LogP contribution in [-0.2, 0) is 10.3 Å². The Morgan fingerprint density at radius 2 is 2.15 bits per heavy atom. The summed E-state index contributed by atoms with van der Waals surface area (Å²) in [5, 5.41) is 11.6. The largest absolute Gasteiger partial charge is 0.480 e. The minimum Gasteiger partial charge on any atom is -0.480 e. The average Bonchev–Trinajstić information content (AvgIpc) is 2.41. The van der Waals surface area contributed by atoms with E-state index in [2.05, 4.69) is 24.6 Å². The highest BCUT2D eigenvalue weighted by atomic mass is 28.3. The van der Waals surface area contributed by atoms with Crippen molar-refractivity contribution < 1.29 is 19.4 Å². The van der Waals surface area contributed by atoms with Gasteiger partial charge in [-0.15, -0.1) is 0 Å². The molecule has 0 spiro atoms. The number of rotatable bonds is 3. The van der Waals surface area contributed by atoms with Crippen molar-refractivity contribution in [3.63, 3.8) is 0 Å². The number of esters is 1. The topological polar surface area (TPSA) is 68.7 Å².